The number of thiazole rings is 1. The fourth-order valence-electron chi connectivity index (χ4n) is 2.59. The Hall–Kier alpha value is -1.73. The summed E-state index contributed by atoms with van der Waals surface area (Å²) in [5.74, 6) is 0.679. The van der Waals surface area contributed by atoms with Crippen LogP contribution in [0.1, 0.15) is 23.3 Å². The van der Waals surface area contributed by atoms with E-state index in [1.54, 1.807) is 23.3 Å². The number of carbonyl (C=O) groups excluding carboxylic acids is 1. The molecule has 22 heavy (non-hydrogen) atoms. The number of anilines is 1. The van der Waals surface area contributed by atoms with Gasteiger partial charge in [-0.2, -0.15) is 0 Å². The lowest BCUT2D eigenvalue weighted by atomic mass is 10.0. The summed E-state index contributed by atoms with van der Waals surface area (Å²) < 4.78 is 0. The molecular formula is C14H16ClN5OS. The maximum absolute atomic E-state index is 12.3. The summed E-state index contributed by atoms with van der Waals surface area (Å²) >= 11 is 7.25. The smallest absolute Gasteiger partial charge is 0.273 e. The second-order valence-corrected chi connectivity index (χ2v) is 6.36. The molecule has 1 amide bonds. The van der Waals surface area contributed by atoms with Crippen LogP contribution < -0.4 is 4.90 Å². The van der Waals surface area contributed by atoms with Crippen molar-refractivity contribution in [2.24, 2.45) is 0 Å². The first kappa shape index (κ1) is 15.2. The van der Waals surface area contributed by atoms with Gasteiger partial charge in [0, 0.05) is 31.6 Å². The van der Waals surface area contributed by atoms with Crippen LogP contribution in [0.15, 0.2) is 23.3 Å². The molecule has 1 aliphatic heterocycles. The minimum Gasteiger partial charge on any atom is -0.341 e. The fraction of sp³-hybridized carbons (Fsp3) is 0.429. The van der Waals surface area contributed by atoms with Gasteiger partial charge in [0.1, 0.15) is 5.69 Å². The molecule has 6 nitrogen and oxygen atoms in total. The Morgan fingerprint density at radius 1 is 1.32 bits per heavy atom. The molecule has 3 heterocycles. The number of piperidine rings is 1. The molecule has 0 unspecified atom stereocenters. The number of hydrogen-bond donors (Lipinski definition) is 0. The van der Waals surface area contributed by atoms with Gasteiger partial charge in [0.25, 0.3) is 5.91 Å². The number of carbonyl (C=O) groups is 1. The first-order valence-corrected chi connectivity index (χ1v) is 8.35. The fourth-order valence-corrected chi connectivity index (χ4v) is 3.21. The van der Waals surface area contributed by atoms with E-state index in [0.29, 0.717) is 22.7 Å². The van der Waals surface area contributed by atoms with E-state index in [0.717, 1.165) is 25.9 Å². The number of hydrogen-bond acceptors (Lipinski definition) is 6. The van der Waals surface area contributed by atoms with Crippen LogP contribution in [0.5, 0.6) is 0 Å². The molecule has 1 saturated heterocycles. The summed E-state index contributed by atoms with van der Waals surface area (Å²) in [5.41, 5.74) is 2.23. The number of nitrogens with zero attached hydrogens (tertiary/aromatic N) is 5. The highest BCUT2D eigenvalue weighted by molar-refractivity contribution is 7.07. The molecule has 8 heteroatoms. The van der Waals surface area contributed by atoms with E-state index in [1.165, 1.54) is 11.3 Å². The molecule has 0 spiro atoms. The standard InChI is InChI=1S/C14H16ClN5OS/c1-19(14-16-6-10(15)7-17-14)11-2-4-20(5-3-11)13(21)12-8-22-9-18-12/h6-9,11H,2-5H2,1H3. The number of halogens is 1. The molecule has 0 saturated carbocycles. The predicted molar refractivity (Wildman–Crippen MR) is 86.5 cm³/mol. The van der Waals surface area contributed by atoms with Gasteiger partial charge in [-0.15, -0.1) is 11.3 Å². The number of amides is 1. The highest BCUT2D eigenvalue weighted by Crippen LogP contribution is 2.21. The van der Waals surface area contributed by atoms with E-state index in [9.17, 15) is 4.79 Å². The van der Waals surface area contributed by atoms with Crippen LogP contribution in [0.25, 0.3) is 0 Å². The van der Waals surface area contributed by atoms with Crippen LogP contribution in [0.3, 0.4) is 0 Å². The van der Waals surface area contributed by atoms with Crippen molar-refractivity contribution in [1.29, 1.82) is 0 Å². The third-order valence-electron chi connectivity index (χ3n) is 3.87. The van der Waals surface area contributed by atoms with Gasteiger partial charge in [-0.25, -0.2) is 15.0 Å². The molecule has 0 atom stereocenters. The highest BCUT2D eigenvalue weighted by atomic mass is 35.5. The molecule has 2 aromatic heterocycles. The van der Waals surface area contributed by atoms with Gasteiger partial charge in [-0.05, 0) is 12.8 Å². The first-order chi connectivity index (χ1) is 10.6. The number of aromatic nitrogens is 3. The zero-order valence-electron chi connectivity index (χ0n) is 12.1. The van der Waals surface area contributed by atoms with Crippen LogP contribution in [-0.4, -0.2) is 51.9 Å². The summed E-state index contributed by atoms with van der Waals surface area (Å²) in [6.07, 6.45) is 4.97. The van der Waals surface area contributed by atoms with E-state index in [-0.39, 0.29) is 5.91 Å². The summed E-state index contributed by atoms with van der Waals surface area (Å²) in [4.78, 5) is 28.8. The summed E-state index contributed by atoms with van der Waals surface area (Å²) in [6.45, 7) is 1.44. The molecule has 0 N–H and O–H groups in total. The Kier molecular flexibility index (Phi) is 4.54. The van der Waals surface area contributed by atoms with Crippen molar-refractivity contribution in [1.82, 2.24) is 19.9 Å². The van der Waals surface area contributed by atoms with E-state index in [1.807, 2.05) is 11.9 Å². The van der Waals surface area contributed by atoms with Crippen molar-refractivity contribution in [3.05, 3.63) is 34.0 Å². The molecule has 3 rings (SSSR count). The second-order valence-electron chi connectivity index (χ2n) is 5.21. The Labute approximate surface area is 137 Å². The predicted octanol–water partition coefficient (Wildman–Crippen LogP) is 2.33. The molecule has 0 radical (unpaired) electrons. The van der Waals surface area contributed by atoms with Crippen molar-refractivity contribution < 1.29 is 4.79 Å². The molecule has 0 bridgehead atoms. The van der Waals surface area contributed by atoms with Crippen LogP contribution >= 0.6 is 22.9 Å². The van der Waals surface area contributed by atoms with Gasteiger partial charge in [0.05, 0.1) is 22.9 Å². The molecule has 1 aliphatic rings. The molecule has 1 fully saturated rings. The number of likely N-dealkylation sites (tertiary alicyclic amines) is 1. The average molecular weight is 338 g/mol. The van der Waals surface area contributed by atoms with Crippen LogP contribution in [-0.2, 0) is 0 Å². The van der Waals surface area contributed by atoms with Gasteiger partial charge >= 0.3 is 0 Å². The van der Waals surface area contributed by atoms with Crippen LogP contribution in [0.2, 0.25) is 5.02 Å². The van der Waals surface area contributed by atoms with E-state index in [4.69, 9.17) is 11.6 Å². The van der Waals surface area contributed by atoms with Gasteiger partial charge in [-0.3, -0.25) is 4.79 Å². The normalized spacial score (nSPS) is 15.8. The Bertz CT molecular complexity index is 625. The zero-order chi connectivity index (χ0) is 15.5. The van der Waals surface area contributed by atoms with E-state index < -0.39 is 0 Å². The molecule has 2 aromatic rings. The minimum atomic E-state index is 0.0186. The molecule has 0 aliphatic carbocycles. The summed E-state index contributed by atoms with van der Waals surface area (Å²) in [6, 6.07) is 0.320. The van der Waals surface area contributed by atoms with E-state index >= 15 is 0 Å². The van der Waals surface area contributed by atoms with Crippen molar-refractivity contribution in [2.75, 3.05) is 25.0 Å². The van der Waals surface area contributed by atoms with Crippen molar-refractivity contribution in [3.63, 3.8) is 0 Å². The van der Waals surface area contributed by atoms with Gasteiger partial charge in [0.2, 0.25) is 5.95 Å². The summed E-state index contributed by atoms with van der Waals surface area (Å²) in [7, 11) is 1.98. The molecule has 0 aromatic carbocycles. The second kappa shape index (κ2) is 6.58. The maximum Gasteiger partial charge on any atom is 0.273 e. The van der Waals surface area contributed by atoms with Crippen molar-refractivity contribution in [2.45, 2.75) is 18.9 Å². The summed E-state index contributed by atoms with van der Waals surface area (Å²) in [5, 5.41) is 2.32. The van der Waals surface area contributed by atoms with E-state index in [2.05, 4.69) is 19.9 Å². The lowest BCUT2D eigenvalue weighted by Gasteiger charge is -2.36. The quantitative estimate of drug-likeness (QED) is 0.860. The average Bonchev–Trinajstić information content (AvgIpc) is 3.09. The van der Waals surface area contributed by atoms with Crippen LogP contribution in [0, 0.1) is 0 Å². The maximum atomic E-state index is 12.3. The zero-order valence-corrected chi connectivity index (χ0v) is 13.7. The minimum absolute atomic E-state index is 0.0186. The van der Waals surface area contributed by atoms with Crippen molar-refractivity contribution in [3.8, 4) is 0 Å². The topological polar surface area (TPSA) is 62.2 Å². The Morgan fingerprint density at radius 2 is 2.00 bits per heavy atom. The van der Waals surface area contributed by atoms with Gasteiger partial charge in [-0.1, -0.05) is 11.6 Å². The first-order valence-electron chi connectivity index (χ1n) is 7.03. The highest BCUT2D eigenvalue weighted by Gasteiger charge is 2.27. The number of rotatable bonds is 3. The van der Waals surface area contributed by atoms with Crippen molar-refractivity contribution >= 4 is 34.8 Å². The SMILES string of the molecule is CN(c1ncc(Cl)cn1)C1CCN(C(=O)c2cscn2)CC1. The Morgan fingerprint density at radius 3 is 2.59 bits per heavy atom. The Balaban J connectivity index is 1.59. The van der Waals surface area contributed by atoms with Gasteiger partial charge in [0.15, 0.2) is 0 Å². The third kappa shape index (κ3) is 3.20. The van der Waals surface area contributed by atoms with Crippen LogP contribution in [0.4, 0.5) is 5.95 Å². The molecule has 116 valence electrons. The third-order valence-corrected chi connectivity index (χ3v) is 4.65. The molecular weight excluding hydrogens is 322 g/mol. The largest absolute Gasteiger partial charge is 0.341 e. The van der Waals surface area contributed by atoms with Gasteiger partial charge < -0.3 is 9.80 Å². The lowest BCUT2D eigenvalue weighted by molar-refractivity contribution is 0.0708. The lowest BCUT2D eigenvalue weighted by Crippen LogP contribution is -2.46. The monoisotopic (exact) mass is 337 g/mol.